The zero-order valence-corrected chi connectivity index (χ0v) is 15.8. The van der Waals surface area contributed by atoms with Crippen LogP contribution in [0.1, 0.15) is 24.7 Å². The quantitative estimate of drug-likeness (QED) is 0.770. The Morgan fingerprint density at radius 3 is 2.93 bits per heavy atom. The summed E-state index contributed by atoms with van der Waals surface area (Å²) in [5, 5.41) is 2.88. The summed E-state index contributed by atoms with van der Waals surface area (Å²) in [4.78, 5) is 37.6. The molecule has 144 valence electrons. The van der Waals surface area contributed by atoms with Crippen molar-refractivity contribution in [2.45, 2.75) is 32.5 Å². The first kappa shape index (κ1) is 19.0. The largest absolute Gasteiger partial charge is 0.353 e. The number of pyridine rings is 1. The van der Waals surface area contributed by atoms with Gasteiger partial charge in [-0.1, -0.05) is 6.07 Å². The number of carbonyl (C=O) groups is 2. The molecule has 1 aliphatic rings. The van der Waals surface area contributed by atoms with E-state index in [0.29, 0.717) is 32.7 Å². The molecule has 0 saturated carbocycles. The van der Waals surface area contributed by atoms with Crippen LogP contribution in [0.4, 0.5) is 0 Å². The van der Waals surface area contributed by atoms with Gasteiger partial charge in [0.25, 0.3) is 0 Å². The second-order valence-corrected chi connectivity index (χ2v) is 6.70. The van der Waals surface area contributed by atoms with Crippen molar-refractivity contribution in [2.75, 3.05) is 19.6 Å². The number of rotatable bonds is 7. The minimum atomic E-state index is -0.470. The van der Waals surface area contributed by atoms with Gasteiger partial charge in [0.15, 0.2) is 0 Å². The lowest BCUT2D eigenvalue weighted by Gasteiger charge is -2.35. The van der Waals surface area contributed by atoms with Gasteiger partial charge in [-0.15, -0.1) is 0 Å². The van der Waals surface area contributed by atoms with Gasteiger partial charge < -0.3 is 14.8 Å². The predicted molar refractivity (Wildman–Crippen MR) is 100 cm³/mol. The number of hydrogen-bond donors (Lipinski definition) is 1. The molecule has 1 saturated heterocycles. The second-order valence-electron chi connectivity index (χ2n) is 6.70. The molecule has 0 aromatic carbocycles. The molecule has 3 rings (SSSR count). The first-order valence-electron chi connectivity index (χ1n) is 9.23. The Kier molecular flexibility index (Phi) is 6.18. The Hall–Kier alpha value is -2.74. The van der Waals surface area contributed by atoms with Gasteiger partial charge in [0, 0.05) is 58.0 Å². The first-order valence-corrected chi connectivity index (χ1v) is 9.23. The zero-order valence-electron chi connectivity index (χ0n) is 15.8. The number of amides is 2. The third-order valence-electron chi connectivity index (χ3n) is 4.91. The van der Waals surface area contributed by atoms with Crippen LogP contribution in [-0.2, 0) is 29.7 Å². The molecule has 0 aliphatic carbocycles. The summed E-state index contributed by atoms with van der Waals surface area (Å²) in [6.45, 7) is 4.86. The molecule has 0 unspecified atom stereocenters. The van der Waals surface area contributed by atoms with Crippen LogP contribution in [0.2, 0.25) is 0 Å². The SMILES string of the molecule is CCN(Cc1nccn1C)C(=O)C[C@@H]1C(=O)NCCN1Cc1cccnc1. The third-order valence-corrected chi connectivity index (χ3v) is 4.91. The Labute approximate surface area is 159 Å². The summed E-state index contributed by atoms with van der Waals surface area (Å²) in [6, 6.07) is 3.39. The molecule has 1 aliphatic heterocycles. The van der Waals surface area contributed by atoms with E-state index in [1.807, 2.05) is 36.9 Å². The fourth-order valence-corrected chi connectivity index (χ4v) is 3.29. The highest BCUT2D eigenvalue weighted by Gasteiger charge is 2.33. The van der Waals surface area contributed by atoms with Crippen molar-refractivity contribution in [2.24, 2.45) is 7.05 Å². The van der Waals surface area contributed by atoms with Crippen molar-refractivity contribution in [1.29, 1.82) is 0 Å². The molecule has 2 aromatic rings. The molecule has 2 amide bonds. The van der Waals surface area contributed by atoms with E-state index >= 15 is 0 Å². The Balaban J connectivity index is 1.68. The van der Waals surface area contributed by atoms with E-state index in [2.05, 4.69) is 20.2 Å². The van der Waals surface area contributed by atoms with Gasteiger partial charge in [-0.05, 0) is 18.6 Å². The maximum absolute atomic E-state index is 12.9. The van der Waals surface area contributed by atoms with Gasteiger partial charge >= 0.3 is 0 Å². The van der Waals surface area contributed by atoms with Crippen molar-refractivity contribution >= 4 is 11.8 Å². The molecule has 1 fully saturated rings. The molecule has 0 bridgehead atoms. The first-order chi connectivity index (χ1) is 13.1. The van der Waals surface area contributed by atoms with Crippen LogP contribution in [0.3, 0.4) is 0 Å². The molecule has 8 nitrogen and oxygen atoms in total. The monoisotopic (exact) mass is 370 g/mol. The van der Waals surface area contributed by atoms with E-state index in [1.54, 1.807) is 23.5 Å². The molecule has 1 N–H and O–H groups in total. The molecule has 0 radical (unpaired) electrons. The number of aromatic nitrogens is 3. The van der Waals surface area contributed by atoms with Crippen LogP contribution in [0, 0.1) is 0 Å². The molecule has 27 heavy (non-hydrogen) atoms. The fraction of sp³-hybridized carbons (Fsp3) is 0.474. The lowest BCUT2D eigenvalue weighted by atomic mass is 10.1. The Morgan fingerprint density at radius 1 is 1.41 bits per heavy atom. The van der Waals surface area contributed by atoms with Gasteiger partial charge in [-0.2, -0.15) is 0 Å². The standard InChI is InChI=1S/C19H26N6O2/c1-3-24(14-17-21-7-9-23(17)2)18(26)11-16-19(27)22-8-10-25(16)13-15-5-4-6-20-12-15/h4-7,9,12,16H,3,8,10-11,13-14H2,1-2H3,(H,22,27)/t16-/m1/s1. The van der Waals surface area contributed by atoms with Gasteiger partial charge in [0.1, 0.15) is 5.82 Å². The van der Waals surface area contributed by atoms with Crippen LogP contribution in [0.15, 0.2) is 36.9 Å². The minimum absolute atomic E-state index is 0.0428. The van der Waals surface area contributed by atoms with Gasteiger partial charge in [0.2, 0.25) is 11.8 Å². The van der Waals surface area contributed by atoms with Crippen LogP contribution in [0.5, 0.6) is 0 Å². The van der Waals surface area contributed by atoms with Gasteiger partial charge in [-0.3, -0.25) is 19.5 Å². The summed E-state index contributed by atoms with van der Waals surface area (Å²) in [5.41, 5.74) is 1.03. The third kappa shape index (κ3) is 4.71. The van der Waals surface area contributed by atoms with Crippen molar-refractivity contribution < 1.29 is 9.59 Å². The topological polar surface area (TPSA) is 83.4 Å². The smallest absolute Gasteiger partial charge is 0.237 e. The molecule has 0 spiro atoms. The zero-order chi connectivity index (χ0) is 19.2. The Morgan fingerprint density at radius 2 is 2.26 bits per heavy atom. The number of piperazine rings is 1. The molecular formula is C19H26N6O2. The molecular weight excluding hydrogens is 344 g/mol. The summed E-state index contributed by atoms with van der Waals surface area (Å²) in [6.07, 6.45) is 7.26. The maximum atomic E-state index is 12.9. The summed E-state index contributed by atoms with van der Waals surface area (Å²) in [5.74, 6) is 0.691. The van der Waals surface area contributed by atoms with Crippen molar-refractivity contribution in [3.8, 4) is 0 Å². The summed E-state index contributed by atoms with van der Waals surface area (Å²) >= 11 is 0. The summed E-state index contributed by atoms with van der Waals surface area (Å²) in [7, 11) is 1.91. The average Bonchev–Trinajstić information content (AvgIpc) is 3.08. The number of nitrogens with zero attached hydrogens (tertiary/aromatic N) is 5. The van der Waals surface area contributed by atoms with E-state index < -0.39 is 6.04 Å². The van der Waals surface area contributed by atoms with Gasteiger partial charge in [0.05, 0.1) is 19.0 Å². The average molecular weight is 370 g/mol. The van der Waals surface area contributed by atoms with Crippen LogP contribution >= 0.6 is 0 Å². The lowest BCUT2D eigenvalue weighted by Crippen LogP contribution is -2.56. The fourth-order valence-electron chi connectivity index (χ4n) is 3.29. The highest BCUT2D eigenvalue weighted by Crippen LogP contribution is 2.15. The predicted octanol–water partition coefficient (Wildman–Crippen LogP) is 0.554. The molecule has 3 heterocycles. The van der Waals surface area contributed by atoms with E-state index in [0.717, 1.165) is 11.4 Å². The number of carbonyl (C=O) groups excluding carboxylic acids is 2. The number of hydrogen-bond acceptors (Lipinski definition) is 5. The number of nitrogens with one attached hydrogen (secondary N) is 1. The molecule has 1 atom stereocenters. The van der Waals surface area contributed by atoms with Crippen molar-refractivity contribution in [3.05, 3.63) is 48.3 Å². The number of imidazole rings is 1. The van der Waals surface area contributed by atoms with Crippen LogP contribution < -0.4 is 5.32 Å². The summed E-state index contributed by atoms with van der Waals surface area (Å²) < 4.78 is 1.90. The van der Waals surface area contributed by atoms with Crippen molar-refractivity contribution in [1.82, 2.24) is 29.7 Å². The van der Waals surface area contributed by atoms with Crippen LogP contribution in [-0.4, -0.2) is 61.8 Å². The number of aryl methyl sites for hydroxylation is 1. The van der Waals surface area contributed by atoms with E-state index in [1.165, 1.54) is 0 Å². The highest BCUT2D eigenvalue weighted by atomic mass is 16.2. The molecule has 2 aromatic heterocycles. The van der Waals surface area contributed by atoms with Crippen LogP contribution in [0.25, 0.3) is 0 Å². The van der Waals surface area contributed by atoms with Gasteiger partial charge in [-0.25, -0.2) is 4.98 Å². The minimum Gasteiger partial charge on any atom is -0.353 e. The molecule has 8 heteroatoms. The van der Waals surface area contributed by atoms with E-state index in [9.17, 15) is 9.59 Å². The van der Waals surface area contributed by atoms with Crippen molar-refractivity contribution in [3.63, 3.8) is 0 Å². The van der Waals surface area contributed by atoms with E-state index in [-0.39, 0.29) is 18.2 Å². The second kappa shape index (κ2) is 8.77. The highest BCUT2D eigenvalue weighted by molar-refractivity contribution is 5.88. The normalized spacial score (nSPS) is 17.6. The maximum Gasteiger partial charge on any atom is 0.237 e. The Bertz CT molecular complexity index is 776. The lowest BCUT2D eigenvalue weighted by molar-refractivity contribution is -0.139. The van der Waals surface area contributed by atoms with E-state index in [4.69, 9.17) is 0 Å².